The molecule has 0 atom stereocenters. The number of nitrogens with one attached hydrogen (secondary N) is 1. The van der Waals surface area contributed by atoms with Crippen molar-refractivity contribution in [1.29, 1.82) is 0 Å². The Hall–Kier alpha value is -0.940. The first-order valence-electron chi connectivity index (χ1n) is 4.10. The standard InChI is InChI=1S/C7H12N4O/c1-3-12-4-2-11(1)6-7-5-8-10-9-7/h5H,1-4,6H2,(H,8,9,10). The van der Waals surface area contributed by atoms with E-state index in [0.29, 0.717) is 0 Å². The van der Waals surface area contributed by atoms with Crippen LogP contribution in [-0.4, -0.2) is 46.6 Å². The van der Waals surface area contributed by atoms with E-state index in [1.807, 2.05) is 6.20 Å². The molecule has 1 aromatic heterocycles. The van der Waals surface area contributed by atoms with E-state index in [9.17, 15) is 0 Å². The fourth-order valence-corrected chi connectivity index (χ4v) is 1.29. The summed E-state index contributed by atoms with van der Waals surface area (Å²) in [6.45, 7) is 4.52. The van der Waals surface area contributed by atoms with Crippen molar-refractivity contribution in [3.05, 3.63) is 11.9 Å². The van der Waals surface area contributed by atoms with E-state index in [1.54, 1.807) is 0 Å². The first kappa shape index (κ1) is 7.70. The second-order valence-corrected chi connectivity index (χ2v) is 2.85. The normalized spacial score (nSPS) is 19.7. The van der Waals surface area contributed by atoms with E-state index in [2.05, 4.69) is 20.3 Å². The Morgan fingerprint density at radius 2 is 2.33 bits per heavy atom. The Kier molecular flexibility index (Phi) is 2.33. The lowest BCUT2D eigenvalue weighted by Crippen LogP contribution is -2.35. The van der Waals surface area contributed by atoms with Gasteiger partial charge in [0.05, 0.1) is 18.9 Å². The minimum Gasteiger partial charge on any atom is -0.379 e. The average molecular weight is 168 g/mol. The van der Waals surface area contributed by atoms with E-state index in [4.69, 9.17) is 4.74 Å². The van der Waals surface area contributed by atoms with Crippen LogP contribution in [0.15, 0.2) is 6.20 Å². The SMILES string of the molecule is c1[nH]nnc1CN1CCOCC1. The maximum absolute atomic E-state index is 5.23. The van der Waals surface area contributed by atoms with Gasteiger partial charge in [-0.2, -0.15) is 0 Å². The Balaban J connectivity index is 1.86. The quantitative estimate of drug-likeness (QED) is 0.655. The van der Waals surface area contributed by atoms with E-state index in [0.717, 1.165) is 38.5 Å². The lowest BCUT2D eigenvalue weighted by Gasteiger charge is -2.25. The molecule has 0 unspecified atom stereocenters. The summed E-state index contributed by atoms with van der Waals surface area (Å²) in [6.07, 6.45) is 1.83. The summed E-state index contributed by atoms with van der Waals surface area (Å²) in [6, 6.07) is 0. The Labute approximate surface area is 70.7 Å². The van der Waals surface area contributed by atoms with Gasteiger partial charge in [-0.3, -0.25) is 10.00 Å². The third kappa shape index (κ3) is 1.80. The molecule has 1 aliphatic heterocycles. The zero-order chi connectivity index (χ0) is 8.23. The number of H-pyrrole nitrogens is 1. The fraction of sp³-hybridized carbons (Fsp3) is 0.714. The highest BCUT2D eigenvalue weighted by atomic mass is 16.5. The molecule has 0 aliphatic carbocycles. The second kappa shape index (κ2) is 3.64. The molecule has 0 amide bonds. The molecule has 12 heavy (non-hydrogen) atoms. The summed E-state index contributed by atoms with van der Waals surface area (Å²) in [4.78, 5) is 2.31. The van der Waals surface area contributed by atoms with E-state index in [-0.39, 0.29) is 0 Å². The van der Waals surface area contributed by atoms with Crippen molar-refractivity contribution in [1.82, 2.24) is 20.3 Å². The van der Waals surface area contributed by atoms with Crippen molar-refractivity contribution in [2.45, 2.75) is 6.54 Å². The monoisotopic (exact) mass is 168 g/mol. The lowest BCUT2D eigenvalue weighted by molar-refractivity contribution is 0.0336. The molecule has 1 aromatic rings. The molecule has 5 nitrogen and oxygen atoms in total. The predicted molar refractivity (Wildman–Crippen MR) is 42.5 cm³/mol. The molecule has 0 aromatic carbocycles. The van der Waals surface area contributed by atoms with Gasteiger partial charge in [0.2, 0.25) is 0 Å². The molecule has 0 radical (unpaired) electrons. The summed E-state index contributed by atoms with van der Waals surface area (Å²) < 4.78 is 5.23. The summed E-state index contributed by atoms with van der Waals surface area (Å²) >= 11 is 0. The van der Waals surface area contributed by atoms with Crippen LogP contribution in [0.25, 0.3) is 0 Å². The molecule has 0 bridgehead atoms. The van der Waals surface area contributed by atoms with Crippen LogP contribution < -0.4 is 0 Å². The minimum atomic E-state index is 0.831. The summed E-state index contributed by atoms with van der Waals surface area (Å²) in [7, 11) is 0. The van der Waals surface area contributed by atoms with Gasteiger partial charge in [-0.1, -0.05) is 5.21 Å². The highest BCUT2D eigenvalue weighted by Crippen LogP contribution is 2.01. The Morgan fingerprint density at radius 1 is 1.50 bits per heavy atom. The van der Waals surface area contributed by atoms with Gasteiger partial charge in [0.25, 0.3) is 0 Å². The highest BCUT2D eigenvalue weighted by Gasteiger charge is 2.11. The van der Waals surface area contributed by atoms with Gasteiger partial charge in [-0.15, -0.1) is 5.10 Å². The molecule has 1 aliphatic rings. The number of ether oxygens (including phenoxy) is 1. The van der Waals surface area contributed by atoms with E-state index < -0.39 is 0 Å². The Bertz CT molecular complexity index is 217. The van der Waals surface area contributed by atoms with Gasteiger partial charge in [0, 0.05) is 25.8 Å². The molecular formula is C7H12N4O. The molecule has 1 fully saturated rings. The van der Waals surface area contributed by atoms with Crippen LogP contribution in [-0.2, 0) is 11.3 Å². The number of morpholine rings is 1. The van der Waals surface area contributed by atoms with Gasteiger partial charge in [-0.25, -0.2) is 0 Å². The van der Waals surface area contributed by atoms with E-state index in [1.165, 1.54) is 0 Å². The van der Waals surface area contributed by atoms with Crippen LogP contribution in [0.5, 0.6) is 0 Å². The number of aromatic nitrogens is 3. The summed E-state index contributed by atoms with van der Waals surface area (Å²) in [5.74, 6) is 0. The smallest absolute Gasteiger partial charge is 0.0964 e. The number of hydrogen-bond donors (Lipinski definition) is 1. The molecule has 0 saturated carbocycles. The molecule has 2 heterocycles. The number of rotatable bonds is 2. The lowest BCUT2D eigenvalue weighted by atomic mass is 10.3. The van der Waals surface area contributed by atoms with Gasteiger partial charge in [0.1, 0.15) is 0 Å². The van der Waals surface area contributed by atoms with Crippen LogP contribution in [0.3, 0.4) is 0 Å². The zero-order valence-corrected chi connectivity index (χ0v) is 6.86. The van der Waals surface area contributed by atoms with Crippen LogP contribution in [0, 0.1) is 0 Å². The third-order valence-corrected chi connectivity index (χ3v) is 1.96. The Morgan fingerprint density at radius 3 is 3.00 bits per heavy atom. The molecule has 2 rings (SSSR count). The van der Waals surface area contributed by atoms with Gasteiger partial charge in [-0.05, 0) is 0 Å². The average Bonchev–Trinajstić information content (AvgIpc) is 2.59. The van der Waals surface area contributed by atoms with Crippen LogP contribution in [0.4, 0.5) is 0 Å². The molecule has 5 heteroatoms. The summed E-state index contributed by atoms with van der Waals surface area (Å²) in [5.41, 5.74) is 0.997. The largest absolute Gasteiger partial charge is 0.379 e. The van der Waals surface area contributed by atoms with Gasteiger partial charge in [0.15, 0.2) is 0 Å². The third-order valence-electron chi connectivity index (χ3n) is 1.96. The van der Waals surface area contributed by atoms with Crippen molar-refractivity contribution >= 4 is 0 Å². The van der Waals surface area contributed by atoms with Crippen molar-refractivity contribution in [2.75, 3.05) is 26.3 Å². The molecule has 1 N–H and O–H groups in total. The van der Waals surface area contributed by atoms with Crippen LogP contribution >= 0.6 is 0 Å². The van der Waals surface area contributed by atoms with Crippen molar-refractivity contribution in [3.8, 4) is 0 Å². The van der Waals surface area contributed by atoms with Crippen molar-refractivity contribution in [3.63, 3.8) is 0 Å². The molecule has 0 spiro atoms. The summed E-state index contributed by atoms with van der Waals surface area (Å²) in [5, 5.41) is 10.3. The minimum absolute atomic E-state index is 0.831. The maximum Gasteiger partial charge on any atom is 0.0964 e. The first-order valence-corrected chi connectivity index (χ1v) is 4.10. The topological polar surface area (TPSA) is 54.0 Å². The number of hydrogen-bond acceptors (Lipinski definition) is 4. The van der Waals surface area contributed by atoms with Gasteiger partial charge >= 0.3 is 0 Å². The van der Waals surface area contributed by atoms with Crippen LogP contribution in [0.2, 0.25) is 0 Å². The molecule has 66 valence electrons. The second-order valence-electron chi connectivity index (χ2n) is 2.85. The van der Waals surface area contributed by atoms with Crippen molar-refractivity contribution < 1.29 is 4.74 Å². The molecule has 1 saturated heterocycles. The van der Waals surface area contributed by atoms with E-state index >= 15 is 0 Å². The molecular weight excluding hydrogens is 156 g/mol. The fourth-order valence-electron chi connectivity index (χ4n) is 1.29. The number of nitrogens with zero attached hydrogens (tertiary/aromatic N) is 3. The predicted octanol–water partition coefficient (Wildman–Crippen LogP) is -0.363. The highest BCUT2D eigenvalue weighted by molar-refractivity contribution is 4.90. The van der Waals surface area contributed by atoms with Crippen molar-refractivity contribution in [2.24, 2.45) is 0 Å². The number of aromatic amines is 1. The first-order chi connectivity index (χ1) is 5.95. The van der Waals surface area contributed by atoms with Gasteiger partial charge < -0.3 is 4.74 Å². The maximum atomic E-state index is 5.23. The van der Waals surface area contributed by atoms with Crippen LogP contribution in [0.1, 0.15) is 5.69 Å². The zero-order valence-electron chi connectivity index (χ0n) is 6.86.